The molecule has 0 atom stereocenters. The number of rotatable bonds is 7. The number of hydrogen-bond donors (Lipinski definition) is 2. The van der Waals surface area contributed by atoms with E-state index in [9.17, 15) is 22.8 Å². The maximum Gasteiger partial charge on any atom is 0.416 e. The average molecular weight is 409 g/mol. The third-order valence-electron chi connectivity index (χ3n) is 3.98. The molecule has 0 heterocycles. The first-order chi connectivity index (χ1) is 13.7. The average Bonchev–Trinajstić information content (AvgIpc) is 2.66. The van der Waals surface area contributed by atoms with Crippen LogP contribution >= 0.6 is 0 Å². The number of carbonyl (C=O) groups is 2. The Morgan fingerprint density at radius 3 is 2.38 bits per heavy atom. The monoisotopic (exact) mass is 409 g/mol. The van der Waals surface area contributed by atoms with Crippen LogP contribution in [0.5, 0.6) is 0 Å². The van der Waals surface area contributed by atoms with Crippen LogP contribution in [0.1, 0.15) is 16.7 Å². The molecular weight excluding hydrogens is 387 g/mol. The van der Waals surface area contributed by atoms with E-state index < -0.39 is 11.7 Å². The molecule has 0 aliphatic rings. The SMILES string of the molecule is COCC(=O)Nc1cccc(CNC(=O)N(C)Cc2ccc(C(F)(F)F)cc2)c1. The number of amides is 3. The molecule has 2 aromatic rings. The molecule has 0 saturated heterocycles. The molecule has 0 aliphatic carbocycles. The Hall–Kier alpha value is -3.07. The molecule has 156 valence electrons. The lowest BCUT2D eigenvalue weighted by Gasteiger charge is -2.18. The van der Waals surface area contributed by atoms with Crippen molar-refractivity contribution in [2.45, 2.75) is 19.3 Å². The molecule has 2 N–H and O–H groups in total. The quantitative estimate of drug-likeness (QED) is 0.734. The Bertz CT molecular complexity index is 839. The Kier molecular flexibility index (Phi) is 7.60. The summed E-state index contributed by atoms with van der Waals surface area (Å²) < 4.78 is 42.6. The molecule has 0 aliphatic heterocycles. The highest BCUT2D eigenvalue weighted by Gasteiger charge is 2.29. The highest BCUT2D eigenvalue weighted by molar-refractivity contribution is 5.91. The predicted molar refractivity (Wildman–Crippen MR) is 102 cm³/mol. The minimum absolute atomic E-state index is 0.0598. The van der Waals surface area contributed by atoms with Gasteiger partial charge in [0.05, 0.1) is 5.56 Å². The molecule has 0 spiro atoms. The fourth-order valence-corrected chi connectivity index (χ4v) is 2.54. The van der Waals surface area contributed by atoms with Crippen LogP contribution in [-0.4, -0.2) is 37.6 Å². The second kappa shape index (κ2) is 9.92. The van der Waals surface area contributed by atoms with Gasteiger partial charge in [-0.25, -0.2) is 4.79 Å². The van der Waals surface area contributed by atoms with Crippen molar-refractivity contribution in [2.24, 2.45) is 0 Å². The van der Waals surface area contributed by atoms with Crippen LogP contribution < -0.4 is 10.6 Å². The molecule has 29 heavy (non-hydrogen) atoms. The van der Waals surface area contributed by atoms with Crippen molar-refractivity contribution in [1.82, 2.24) is 10.2 Å². The van der Waals surface area contributed by atoms with Crippen LogP contribution in [0.4, 0.5) is 23.7 Å². The topological polar surface area (TPSA) is 70.7 Å². The summed E-state index contributed by atoms with van der Waals surface area (Å²) in [7, 11) is 2.97. The summed E-state index contributed by atoms with van der Waals surface area (Å²) in [6.45, 7) is 0.330. The second-order valence-electron chi connectivity index (χ2n) is 6.39. The van der Waals surface area contributed by atoms with Gasteiger partial charge in [-0.05, 0) is 35.4 Å². The van der Waals surface area contributed by atoms with Crippen molar-refractivity contribution in [3.63, 3.8) is 0 Å². The Balaban J connectivity index is 1.88. The van der Waals surface area contributed by atoms with Crippen molar-refractivity contribution in [2.75, 3.05) is 26.1 Å². The molecule has 2 aromatic carbocycles. The highest BCUT2D eigenvalue weighted by Crippen LogP contribution is 2.29. The smallest absolute Gasteiger partial charge is 0.375 e. The maximum absolute atomic E-state index is 12.6. The fourth-order valence-electron chi connectivity index (χ4n) is 2.54. The van der Waals surface area contributed by atoms with Crippen molar-refractivity contribution in [3.8, 4) is 0 Å². The highest BCUT2D eigenvalue weighted by atomic mass is 19.4. The number of nitrogens with one attached hydrogen (secondary N) is 2. The zero-order valence-electron chi connectivity index (χ0n) is 16.0. The van der Waals surface area contributed by atoms with E-state index in [1.54, 1.807) is 31.3 Å². The summed E-state index contributed by atoms with van der Waals surface area (Å²) in [5.74, 6) is -0.287. The van der Waals surface area contributed by atoms with Gasteiger partial charge in [0.15, 0.2) is 0 Å². The zero-order valence-corrected chi connectivity index (χ0v) is 16.0. The summed E-state index contributed by atoms with van der Waals surface area (Å²) in [5, 5.41) is 5.40. The molecule has 0 bridgehead atoms. The van der Waals surface area contributed by atoms with E-state index in [1.807, 2.05) is 0 Å². The number of benzene rings is 2. The van der Waals surface area contributed by atoms with Crippen molar-refractivity contribution in [3.05, 3.63) is 65.2 Å². The lowest BCUT2D eigenvalue weighted by atomic mass is 10.1. The van der Waals surface area contributed by atoms with E-state index in [-0.39, 0.29) is 31.6 Å². The fraction of sp³-hybridized carbons (Fsp3) is 0.300. The van der Waals surface area contributed by atoms with Gasteiger partial charge in [0.25, 0.3) is 0 Å². The number of methoxy groups -OCH3 is 1. The van der Waals surface area contributed by atoms with Crippen molar-refractivity contribution < 1.29 is 27.5 Å². The lowest BCUT2D eigenvalue weighted by molar-refractivity contribution is -0.137. The number of carbonyl (C=O) groups excluding carboxylic acids is 2. The van der Waals surface area contributed by atoms with Gasteiger partial charge in [0, 0.05) is 32.9 Å². The number of halogens is 3. The summed E-state index contributed by atoms with van der Waals surface area (Å²) in [6, 6.07) is 11.3. The minimum atomic E-state index is -4.39. The third kappa shape index (κ3) is 7.11. The molecule has 0 radical (unpaired) electrons. The lowest BCUT2D eigenvalue weighted by Crippen LogP contribution is -2.36. The van der Waals surface area contributed by atoms with E-state index in [4.69, 9.17) is 4.74 Å². The first-order valence-electron chi connectivity index (χ1n) is 8.72. The first kappa shape index (κ1) is 22.2. The van der Waals surface area contributed by atoms with E-state index in [0.29, 0.717) is 11.3 Å². The van der Waals surface area contributed by atoms with E-state index in [2.05, 4.69) is 10.6 Å². The van der Waals surface area contributed by atoms with Gasteiger partial charge in [-0.1, -0.05) is 24.3 Å². The van der Waals surface area contributed by atoms with Gasteiger partial charge in [0.2, 0.25) is 5.91 Å². The van der Waals surface area contributed by atoms with Crippen molar-refractivity contribution >= 4 is 17.6 Å². The summed E-state index contributed by atoms with van der Waals surface area (Å²) in [6.07, 6.45) is -4.39. The number of ether oxygens (including phenoxy) is 1. The predicted octanol–water partition coefficient (Wildman–Crippen LogP) is 3.63. The maximum atomic E-state index is 12.6. The van der Waals surface area contributed by atoms with Crippen LogP contribution in [0.15, 0.2) is 48.5 Å². The number of urea groups is 1. The Labute approximate surface area is 166 Å². The molecule has 6 nitrogen and oxygen atoms in total. The van der Waals surface area contributed by atoms with Gasteiger partial charge in [0.1, 0.15) is 6.61 Å². The number of anilines is 1. The van der Waals surface area contributed by atoms with Gasteiger partial charge < -0.3 is 20.3 Å². The van der Waals surface area contributed by atoms with Gasteiger partial charge in [-0.2, -0.15) is 13.2 Å². The van der Waals surface area contributed by atoms with E-state index in [0.717, 1.165) is 17.7 Å². The number of nitrogens with zero attached hydrogens (tertiary/aromatic N) is 1. The minimum Gasteiger partial charge on any atom is -0.375 e. The van der Waals surface area contributed by atoms with E-state index in [1.165, 1.54) is 24.1 Å². The molecule has 0 unspecified atom stereocenters. The molecule has 9 heteroatoms. The summed E-state index contributed by atoms with van der Waals surface area (Å²) in [5.41, 5.74) is 1.21. The van der Waals surface area contributed by atoms with Crippen molar-refractivity contribution in [1.29, 1.82) is 0 Å². The molecule has 0 fully saturated rings. The third-order valence-corrected chi connectivity index (χ3v) is 3.98. The second-order valence-corrected chi connectivity index (χ2v) is 6.39. The molecule has 0 aromatic heterocycles. The van der Waals surface area contributed by atoms with Crippen LogP contribution in [0.3, 0.4) is 0 Å². The van der Waals surface area contributed by atoms with Crippen LogP contribution in [0, 0.1) is 0 Å². The standard InChI is InChI=1S/C20H22F3N3O3/c1-26(12-14-6-8-16(9-7-14)20(21,22)23)19(28)24-11-15-4-3-5-17(10-15)25-18(27)13-29-2/h3-10H,11-13H2,1-2H3,(H,24,28)(H,25,27). The summed E-state index contributed by atoms with van der Waals surface area (Å²) >= 11 is 0. The van der Waals surface area contributed by atoms with Crippen LogP contribution in [0.2, 0.25) is 0 Å². The molecular formula is C20H22F3N3O3. The Morgan fingerprint density at radius 1 is 1.07 bits per heavy atom. The summed E-state index contributed by atoms with van der Waals surface area (Å²) in [4.78, 5) is 25.2. The zero-order chi connectivity index (χ0) is 21.4. The molecule has 3 amide bonds. The van der Waals surface area contributed by atoms with Crippen LogP contribution in [-0.2, 0) is 28.8 Å². The normalized spacial score (nSPS) is 11.1. The largest absolute Gasteiger partial charge is 0.416 e. The number of hydrogen-bond acceptors (Lipinski definition) is 3. The first-order valence-corrected chi connectivity index (χ1v) is 8.72. The van der Waals surface area contributed by atoms with Gasteiger partial charge in [-0.3, -0.25) is 4.79 Å². The van der Waals surface area contributed by atoms with Crippen LogP contribution in [0.25, 0.3) is 0 Å². The van der Waals surface area contributed by atoms with E-state index >= 15 is 0 Å². The molecule has 0 saturated carbocycles. The Morgan fingerprint density at radius 2 is 1.76 bits per heavy atom. The van der Waals surface area contributed by atoms with Gasteiger partial charge in [-0.15, -0.1) is 0 Å². The van der Waals surface area contributed by atoms with Gasteiger partial charge >= 0.3 is 12.2 Å². The molecule has 2 rings (SSSR count). The number of alkyl halides is 3.